The Labute approximate surface area is 130 Å². The van der Waals surface area contributed by atoms with Gasteiger partial charge >= 0.3 is 0 Å². The molecular formula is C17H23N3S. The Morgan fingerprint density at radius 1 is 1.10 bits per heavy atom. The number of hydrogen-bond acceptors (Lipinski definition) is 4. The van der Waals surface area contributed by atoms with Gasteiger partial charge in [-0.1, -0.05) is 30.7 Å². The molecular weight excluding hydrogens is 278 g/mol. The lowest BCUT2D eigenvalue weighted by molar-refractivity contribution is 0.221. The summed E-state index contributed by atoms with van der Waals surface area (Å²) in [6.07, 6.45) is 4.95. The summed E-state index contributed by atoms with van der Waals surface area (Å²) in [6.45, 7) is 4.24. The number of benzene rings is 1. The van der Waals surface area contributed by atoms with Crippen molar-refractivity contribution in [1.29, 1.82) is 0 Å². The van der Waals surface area contributed by atoms with Crippen LogP contribution in [0.4, 0.5) is 0 Å². The van der Waals surface area contributed by atoms with E-state index in [0.717, 1.165) is 23.7 Å². The summed E-state index contributed by atoms with van der Waals surface area (Å²) in [5, 5.41) is 3.21. The first-order valence-electron chi connectivity index (χ1n) is 7.81. The highest BCUT2D eigenvalue weighted by molar-refractivity contribution is 7.13. The van der Waals surface area contributed by atoms with Gasteiger partial charge in [-0.25, -0.2) is 4.98 Å². The van der Waals surface area contributed by atoms with Gasteiger partial charge in [0.15, 0.2) is 0 Å². The van der Waals surface area contributed by atoms with Crippen LogP contribution in [0.3, 0.4) is 0 Å². The molecule has 0 saturated carbocycles. The molecule has 0 aliphatic carbocycles. The van der Waals surface area contributed by atoms with Crippen LogP contribution in [0, 0.1) is 0 Å². The number of piperidine rings is 1. The van der Waals surface area contributed by atoms with Gasteiger partial charge in [-0.2, -0.15) is 0 Å². The topological polar surface area (TPSA) is 42.1 Å². The predicted octanol–water partition coefficient (Wildman–Crippen LogP) is 3.30. The fourth-order valence-electron chi connectivity index (χ4n) is 2.83. The molecule has 0 unspecified atom stereocenters. The lowest BCUT2D eigenvalue weighted by Crippen LogP contribution is -2.28. The minimum absolute atomic E-state index is 0.665. The van der Waals surface area contributed by atoms with Crippen molar-refractivity contribution >= 4 is 11.3 Å². The molecule has 0 radical (unpaired) electrons. The minimum Gasteiger partial charge on any atom is -0.330 e. The average molecular weight is 301 g/mol. The second-order valence-corrected chi connectivity index (χ2v) is 6.57. The van der Waals surface area contributed by atoms with Gasteiger partial charge in [-0.05, 0) is 38.0 Å². The summed E-state index contributed by atoms with van der Waals surface area (Å²) >= 11 is 1.71. The van der Waals surface area contributed by atoms with E-state index >= 15 is 0 Å². The summed E-state index contributed by atoms with van der Waals surface area (Å²) < 4.78 is 0. The zero-order chi connectivity index (χ0) is 14.5. The molecule has 4 heteroatoms. The molecule has 0 spiro atoms. The SMILES string of the molecule is NCCc1csc(-c2ccc(CN3CCCCC3)cc2)n1. The molecule has 1 aliphatic heterocycles. The Hall–Kier alpha value is -1.23. The van der Waals surface area contributed by atoms with Crippen molar-refractivity contribution in [2.75, 3.05) is 19.6 Å². The molecule has 3 nitrogen and oxygen atoms in total. The average Bonchev–Trinajstić information content (AvgIpc) is 2.98. The first-order valence-corrected chi connectivity index (χ1v) is 8.69. The zero-order valence-electron chi connectivity index (χ0n) is 12.4. The van der Waals surface area contributed by atoms with Crippen LogP contribution in [0.15, 0.2) is 29.6 Å². The van der Waals surface area contributed by atoms with E-state index in [1.807, 2.05) is 0 Å². The van der Waals surface area contributed by atoms with Crippen LogP contribution >= 0.6 is 11.3 Å². The van der Waals surface area contributed by atoms with E-state index < -0.39 is 0 Å². The first kappa shape index (κ1) is 14.7. The quantitative estimate of drug-likeness (QED) is 0.921. The molecule has 21 heavy (non-hydrogen) atoms. The Bertz CT molecular complexity index is 556. The predicted molar refractivity (Wildman–Crippen MR) is 89.4 cm³/mol. The zero-order valence-corrected chi connectivity index (χ0v) is 13.2. The fraction of sp³-hybridized carbons (Fsp3) is 0.471. The second kappa shape index (κ2) is 7.16. The molecule has 1 saturated heterocycles. The lowest BCUT2D eigenvalue weighted by Gasteiger charge is -2.26. The third kappa shape index (κ3) is 3.90. The second-order valence-electron chi connectivity index (χ2n) is 5.72. The molecule has 0 amide bonds. The highest BCUT2D eigenvalue weighted by Gasteiger charge is 2.10. The maximum absolute atomic E-state index is 5.58. The van der Waals surface area contributed by atoms with E-state index in [1.165, 1.54) is 43.5 Å². The van der Waals surface area contributed by atoms with Crippen molar-refractivity contribution in [3.8, 4) is 10.6 Å². The molecule has 2 heterocycles. The van der Waals surface area contributed by atoms with Crippen LogP contribution < -0.4 is 5.73 Å². The summed E-state index contributed by atoms with van der Waals surface area (Å²) in [4.78, 5) is 7.20. The van der Waals surface area contributed by atoms with Gasteiger partial charge in [0.2, 0.25) is 0 Å². The largest absolute Gasteiger partial charge is 0.330 e. The molecule has 1 aliphatic rings. The molecule has 2 aromatic rings. The fourth-order valence-corrected chi connectivity index (χ4v) is 3.69. The number of nitrogens with zero attached hydrogens (tertiary/aromatic N) is 2. The molecule has 1 aromatic carbocycles. The number of hydrogen-bond donors (Lipinski definition) is 1. The van der Waals surface area contributed by atoms with Crippen LogP contribution in [0.25, 0.3) is 10.6 Å². The third-order valence-electron chi connectivity index (χ3n) is 4.01. The Kier molecular flexibility index (Phi) is 5.01. The van der Waals surface area contributed by atoms with Crippen molar-refractivity contribution in [3.05, 3.63) is 40.9 Å². The molecule has 1 aromatic heterocycles. The van der Waals surface area contributed by atoms with Crippen LogP contribution in [0.1, 0.15) is 30.5 Å². The molecule has 3 rings (SSSR count). The Balaban J connectivity index is 1.65. The van der Waals surface area contributed by atoms with Crippen LogP contribution in [-0.4, -0.2) is 29.5 Å². The normalized spacial score (nSPS) is 16.2. The van der Waals surface area contributed by atoms with Gasteiger partial charge in [-0.15, -0.1) is 11.3 Å². The highest BCUT2D eigenvalue weighted by Crippen LogP contribution is 2.24. The summed E-state index contributed by atoms with van der Waals surface area (Å²) in [5.74, 6) is 0. The van der Waals surface area contributed by atoms with Gasteiger partial charge < -0.3 is 5.73 Å². The number of aromatic nitrogens is 1. The summed E-state index contributed by atoms with van der Waals surface area (Å²) in [6, 6.07) is 8.89. The number of likely N-dealkylation sites (tertiary alicyclic amines) is 1. The molecule has 2 N–H and O–H groups in total. The van der Waals surface area contributed by atoms with Gasteiger partial charge in [-0.3, -0.25) is 4.90 Å². The van der Waals surface area contributed by atoms with Gasteiger partial charge in [0, 0.05) is 23.9 Å². The first-order chi connectivity index (χ1) is 10.3. The van der Waals surface area contributed by atoms with Gasteiger partial charge in [0.25, 0.3) is 0 Å². The Morgan fingerprint density at radius 2 is 1.86 bits per heavy atom. The van der Waals surface area contributed by atoms with E-state index in [9.17, 15) is 0 Å². The van der Waals surface area contributed by atoms with Gasteiger partial charge in [0.05, 0.1) is 5.69 Å². The molecule has 1 fully saturated rings. The maximum Gasteiger partial charge on any atom is 0.123 e. The van der Waals surface area contributed by atoms with E-state index in [0.29, 0.717) is 6.54 Å². The van der Waals surface area contributed by atoms with Gasteiger partial charge in [0.1, 0.15) is 5.01 Å². The summed E-state index contributed by atoms with van der Waals surface area (Å²) in [7, 11) is 0. The number of thiazole rings is 1. The van der Waals surface area contributed by atoms with Crippen molar-refractivity contribution in [1.82, 2.24) is 9.88 Å². The minimum atomic E-state index is 0.665. The maximum atomic E-state index is 5.58. The molecule has 0 atom stereocenters. The van der Waals surface area contributed by atoms with E-state index in [1.54, 1.807) is 11.3 Å². The van der Waals surface area contributed by atoms with E-state index in [4.69, 9.17) is 5.73 Å². The van der Waals surface area contributed by atoms with Crippen LogP contribution in [0.5, 0.6) is 0 Å². The molecule has 112 valence electrons. The van der Waals surface area contributed by atoms with Crippen molar-refractivity contribution in [2.45, 2.75) is 32.2 Å². The number of rotatable bonds is 5. The monoisotopic (exact) mass is 301 g/mol. The third-order valence-corrected chi connectivity index (χ3v) is 4.95. The smallest absolute Gasteiger partial charge is 0.123 e. The van der Waals surface area contributed by atoms with Crippen LogP contribution in [-0.2, 0) is 13.0 Å². The highest BCUT2D eigenvalue weighted by atomic mass is 32.1. The number of nitrogens with two attached hydrogens (primary N) is 1. The van der Waals surface area contributed by atoms with Crippen molar-refractivity contribution in [2.24, 2.45) is 5.73 Å². The Morgan fingerprint density at radius 3 is 2.57 bits per heavy atom. The van der Waals surface area contributed by atoms with E-state index in [-0.39, 0.29) is 0 Å². The van der Waals surface area contributed by atoms with Crippen molar-refractivity contribution in [3.63, 3.8) is 0 Å². The molecule has 0 bridgehead atoms. The lowest BCUT2D eigenvalue weighted by atomic mass is 10.1. The van der Waals surface area contributed by atoms with E-state index in [2.05, 4.69) is 39.5 Å². The summed E-state index contributed by atoms with van der Waals surface area (Å²) in [5.41, 5.74) is 9.30. The standard InChI is InChI=1S/C17H23N3S/c18-9-8-16-13-21-17(19-16)15-6-4-14(5-7-15)12-20-10-2-1-3-11-20/h4-7,13H,1-3,8-12,18H2. The van der Waals surface area contributed by atoms with Crippen molar-refractivity contribution < 1.29 is 0 Å². The van der Waals surface area contributed by atoms with Crippen LogP contribution in [0.2, 0.25) is 0 Å².